The van der Waals surface area contributed by atoms with Crippen LogP contribution in [0.25, 0.3) is 0 Å². The molecule has 1 unspecified atom stereocenters. The fraction of sp³-hybridized carbons (Fsp3) is 0.381. The summed E-state index contributed by atoms with van der Waals surface area (Å²) in [7, 11) is 0. The van der Waals surface area contributed by atoms with Gasteiger partial charge in [0.15, 0.2) is 0 Å². The van der Waals surface area contributed by atoms with Gasteiger partial charge >= 0.3 is 0 Å². The Bertz CT molecular complexity index is 625. The minimum Gasteiger partial charge on any atom is -0.379 e. The summed E-state index contributed by atoms with van der Waals surface area (Å²) in [5, 5.41) is 6.42. The quantitative estimate of drug-likeness (QED) is 0.549. The molecule has 1 amide bonds. The van der Waals surface area contributed by atoms with E-state index in [9.17, 15) is 4.79 Å². The summed E-state index contributed by atoms with van der Waals surface area (Å²) in [5.41, 5.74) is 8.58. The second-order valence-electron chi connectivity index (χ2n) is 6.36. The molecule has 0 fully saturated rings. The van der Waals surface area contributed by atoms with Gasteiger partial charge in [0.25, 0.3) is 0 Å². The van der Waals surface area contributed by atoms with Crippen molar-refractivity contribution in [1.29, 1.82) is 0 Å². The first-order valence-corrected chi connectivity index (χ1v) is 9.10. The van der Waals surface area contributed by atoms with Crippen molar-refractivity contribution in [3.8, 4) is 0 Å². The molecule has 2 aromatic carbocycles. The Labute approximate surface area is 150 Å². The van der Waals surface area contributed by atoms with Gasteiger partial charge in [-0.1, -0.05) is 43.2 Å². The molecule has 0 saturated heterocycles. The van der Waals surface area contributed by atoms with Crippen molar-refractivity contribution in [3.05, 3.63) is 60.2 Å². The second-order valence-corrected chi connectivity index (χ2v) is 6.36. The van der Waals surface area contributed by atoms with E-state index < -0.39 is 0 Å². The van der Waals surface area contributed by atoms with Crippen LogP contribution in [0.15, 0.2) is 54.6 Å². The summed E-state index contributed by atoms with van der Waals surface area (Å²) in [4.78, 5) is 11.9. The topological polar surface area (TPSA) is 67.1 Å². The summed E-state index contributed by atoms with van der Waals surface area (Å²) < 4.78 is 0. The van der Waals surface area contributed by atoms with E-state index in [1.54, 1.807) is 0 Å². The predicted octanol–water partition coefficient (Wildman–Crippen LogP) is 4.71. The Morgan fingerprint density at radius 1 is 0.920 bits per heavy atom. The number of hydrogen-bond acceptors (Lipinski definition) is 3. The Hall–Kier alpha value is -2.33. The third-order valence-electron chi connectivity index (χ3n) is 4.21. The number of anilines is 2. The van der Waals surface area contributed by atoms with Crippen molar-refractivity contribution in [3.63, 3.8) is 0 Å². The van der Waals surface area contributed by atoms with Crippen molar-refractivity contribution in [2.75, 3.05) is 17.2 Å². The first-order valence-electron chi connectivity index (χ1n) is 9.10. The van der Waals surface area contributed by atoms with Crippen molar-refractivity contribution < 1.29 is 4.79 Å². The van der Waals surface area contributed by atoms with Crippen LogP contribution in [0.5, 0.6) is 0 Å². The van der Waals surface area contributed by atoms with Crippen LogP contribution in [0.2, 0.25) is 0 Å². The molecule has 0 aliphatic carbocycles. The van der Waals surface area contributed by atoms with E-state index in [0.717, 1.165) is 43.6 Å². The van der Waals surface area contributed by atoms with E-state index in [-0.39, 0.29) is 11.9 Å². The largest absolute Gasteiger partial charge is 0.379 e. The van der Waals surface area contributed by atoms with E-state index in [1.165, 1.54) is 5.56 Å². The molecule has 0 bridgehead atoms. The zero-order valence-corrected chi connectivity index (χ0v) is 15.0. The number of nitrogens with one attached hydrogen (secondary N) is 2. The highest BCUT2D eigenvalue weighted by Crippen LogP contribution is 2.20. The highest BCUT2D eigenvalue weighted by Gasteiger charge is 2.05. The van der Waals surface area contributed by atoms with Crippen molar-refractivity contribution in [2.45, 2.75) is 45.1 Å². The molecular formula is C21H29N3O. The van der Waals surface area contributed by atoms with E-state index >= 15 is 0 Å². The van der Waals surface area contributed by atoms with Gasteiger partial charge in [-0.15, -0.1) is 0 Å². The lowest BCUT2D eigenvalue weighted by molar-refractivity contribution is -0.116. The van der Waals surface area contributed by atoms with Crippen LogP contribution in [-0.2, 0) is 4.79 Å². The maximum absolute atomic E-state index is 11.9. The molecule has 4 heteroatoms. The van der Waals surface area contributed by atoms with Gasteiger partial charge in [-0.25, -0.2) is 0 Å². The Kier molecular flexibility index (Phi) is 7.99. The number of benzene rings is 2. The second kappa shape index (κ2) is 10.5. The molecule has 0 heterocycles. The minimum atomic E-state index is 0.0751. The molecule has 0 radical (unpaired) electrons. The first-order chi connectivity index (χ1) is 12.2. The molecule has 0 aromatic heterocycles. The van der Waals surface area contributed by atoms with E-state index in [0.29, 0.717) is 6.42 Å². The standard InChI is InChI=1S/C21H29N3O/c1-17(18-9-5-4-6-10-18)23-19-12-14-20(15-13-19)24-21(25)11-7-2-3-8-16-22/h4-6,9-10,12-15,17,23H,2-3,7-8,11,16,22H2,1H3,(H,24,25). The summed E-state index contributed by atoms with van der Waals surface area (Å²) in [6.45, 7) is 2.87. The molecule has 134 valence electrons. The molecular weight excluding hydrogens is 310 g/mol. The van der Waals surface area contributed by atoms with Crippen LogP contribution in [0.3, 0.4) is 0 Å². The molecule has 0 spiro atoms. The van der Waals surface area contributed by atoms with Gasteiger partial charge in [0.1, 0.15) is 0 Å². The van der Waals surface area contributed by atoms with Gasteiger partial charge < -0.3 is 16.4 Å². The number of amides is 1. The van der Waals surface area contributed by atoms with Crippen molar-refractivity contribution >= 4 is 17.3 Å². The Morgan fingerprint density at radius 3 is 2.24 bits per heavy atom. The number of carbonyl (C=O) groups is 1. The van der Waals surface area contributed by atoms with Crippen LogP contribution >= 0.6 is 0 Å². The lowest BCUT2D eigenvalue weighted by Crippen LogP contribution is -2.11. The van der Waals surface area contributed by atoms with Gasteiger partial charge in [0.2, 0.25) is 5.91 Å². The lowest BCUT2D eigenvalue weighted by atomic mass is 10.1. The molecule has 4 N–H and O–H groups in total. The summed E-state index contributed by atoms with van der Waals surface area (Å²) in [5.74, 6) is 0.0751. The zero-order valence-electron chi connectivity index (χ0n) is 15.0. The van der Waals surface area contributed by atoms with E-state index in [1.807, 2.05) is 42.5 Å². The summed E-state index contributed by atoms with van der Waals surface area (Å²) >= 11 is 0. The minimum absolute atomic E-state index is 0.0751. The number of carbonyl (C=O) groups excluding carboxylic acids is 1. The monoisotopic (exact) mass is 339 g/mol. The first kappa shape index (κ1) is 19.0. The van der Waals surface area contributed by atoms with E-state index in [2.05, 4.69) is 29.7 Å². The molecule has 2 rings (SSSR count). The average Bonchev–Trinajstić information content (AvgIpc) is 2.64. The Morgan fingerprint density at radius 2 is 1.56 bits per heavy atom. The van der Waals surface area contributed by atoms with Gasteiger partial charge in [0.05, 0.1) is 0 Å². The molecule has 25 heavy (non-hydrogen) atoms. The number of hydrogen-bond donors (Lipinski definition) is 3. The van der Waals surface area contributed by atoms with Crippen LogP contribution in [0.4, 0.5) is 11.4 Å². The van der Waals surface area contributed by atoms with Gasteiger partial charge in [-0.2, -0.15) is 0 Å². The maximum Gasteiger partial charge on any atom is 0.224 e. The highest BCUT2D eigenvalue weighted by molar-refractivity contribution is 5.90. The maximum atomic E-state index is 11.9. The molecule has 0 aliphatic heterocycles. The third-order valence-corrected chi connectivity index (χ3v) is 4.21. The number of rotatable bonds is 10. The average molecular weight is 339 g/mol. The van der Waals surface area contributed by atoms with Crippen molar-refractivity contribution in [1.82, 2.24) is 0 Å². The van der Waals surface area contributed by atoms with Gasteiger partial charge in [-0.3, -0.25) is 4.79 Å². The van der Waals surface area contributed by atoms with Gasteiger partial charge in [0, 0.05) is 23.8 Å². The predicted molar refractivity (Wildman–Crippen MR) is 106 cm³/mol. The molecule has 4 nitrogen and oxygen atoms in total. The SMILES string of the molecule is CC(Nc1ccc(NC(=O)CCCCCCN)cc1)c1ccccc1. The van der Waals surface area contributed by atoms with Crippen LogP contribution in [0, 0.1) is 0 Å². The molecule has 2 aromatic rings. The normalized spacial score (nSPS) is 11.8. The summed E-state index contributed by atoms with van der Waals surface area (Å²) in [6, 6.07) is 18.4. The van der Waals surface area contributed by atoms with Gasteiger partial charge in [-0.05, 0) is 56.1 Å². The molecule has 0 saturated carbocycles. The summed E-state index contributed by atoms with van der Waals surface area (Å²) in [6.07, 6.45) is 4.68. The molecule has 0 aliphatic rings. The smallest absolute Gasteiger partial charge is 0.224 e. The Balaban J connectivity index is 1.76. The van der Waals surface area contributed by atoms with E-state index in [4.69, 9.17) is 5.73 Å². The fourth-order valence-corrected chi connectivity index (χ4v) is 2.73. The zero-order chi connectivity index (χ0) is 17.9. The highest BCUT2D eigenvalue weighted by atomic mass is 16.1. The number of unbranched alkanes of at least 4 members (excludes halogenated alkanes) is 3. The fourth-order valence-electron chi connectivity index (χ4n) is 2.73. The van der Waals surface area contributed by atoms with Crippen LogP contribution in [-0.4, -0.2) is 12.5 Å². The molecule has 1 atom stereocenters. The lowest BCUT2D eigenvalue weighted by Gasteiger charge is -2.16. The van der Waals surface area contributed by atoms with Crippen LogP contribution in [0.1, 0.15) is 50.6 Å². The van der Waals surface area contributed by atoms with Crippen molar-refractivity contribution in [2.24, 2.45) is 5.73 Å². The van der Waals surface area contributed by atoms with Crippen LogP contribution < -0.4 is 16.4 Å². The number of nitrogens with two attached hydrogens (primary N) is 1. The third kappa shape index (κ3) is 6.98.